The molecule has 0 aliphatic rings. The molecule has 1 aromatic rings. The first kappa shape index (κ1) is 22.5. The van der Waals surface area contributed by atoms with E-state index in [0.717, 1.165) is 17.5 Å². The normalized spacial score (nSPS) is 10.4. The van der Waals surface area contributed by atoms with Gasteiger partial charge in [0.2, 0.25) is 0 Å². The highest BCUT2D eigenvalue weighted by Gasteiger charge is 1.97. The van der Waals surface area contributed by atoms with Crippen molar-refractivity contribution in [3.05, 3.63) is 35.4 Å². The molecule has 0 atom stereocenters. The summed E-state index contributed by atoms with van der Waals surface area (Å²) in [7, 11) is 0. The highest BCUT2D eigenvalue weighted by Crippen LogP contribution is 2.13. The summed E-state index contributed by atoms with van der Waals surface area (Å²) in [5.74, 6) is 6.56. The zero-order valence-corrected chi connectivity index (χ0v) is 17.1. The molecule has 1 aromatic carbocycles. The minimum Gasteiger partial charge on any atom is -0.295 e. The maximum atomic E-state index is 11.2. The lowest BCUT2D eigenvalue weighted by Crippen LogP contribution is -1.90. The van der Waals surface area contributed by atoms with Gasteiger partial charge in [-0.1, -0.05) is 108 Å². The van der Waals surface area contributed by atoms with Gasteiger partial charge in [-0.25, -0.2) is 0 Å². The lowest BCUT2D eigenvalue weighted by Gasteiger charge is -2.02. The minimum atomic E-state index is 0.108. The molecular formula is C25H38O. The highest BCUT2D eigenvalue weighted by molar-refractivity contribution is 5.94. The molecule has 0 saturated carbocycles. The van der Waals surface area contributed by atoms with Gasteiger partial charge in [0.15, 0.2) is 5.78 Å². The molecule has 144 valence electrons. The van der Waals surface area contributed by atoms with E-state index < -0.39 is 0 Å². The first-order valence-corrected chi connectivity index (χ1v) is 10.8. The zero-order chi connectivity index (χ0) is 18.9. The van der Waals surface area contributed by atoms with Crippen LogP contribution in [-0.2, 0) is 0 Å². The van der Waals surface area contributed by atoms with Crippen LogP contribution in [-0.4, -0.2) is 5.78 Å². The van der Waals surface area contributed by atoms with E-state index in [1.54, 1.807) is 6.92 Å². The fraction of sp³-hybridized carbons (Fsp3) is 0.640. The molecule has 0 aromatic heterocycles. The molecule has 26 heavy (non-hydrogen) atoms. The second-order valence-corrected chi connectivity index (χ2v) is 7.43. The van der Waals surface area contributed by atoms with Crippen molar-refractivity contribution in [2.24, 2.45) is 0 Å². The van der Waals surface area contributed by atoms with Gasteiger partial charge in [-0.05, 0) is 25.5 Å². The predicted octanol–water partition coefficient (Wildman–Crippen LogP) is 7.72. The number of hydrogen-bond acceptors (Lipinski definition) is 1. The van der Waals surface area contributed by atoms with Gasteiger partial charge in [0, 0.05) is 17.5 Å². The Labute approximate surface area is 162 Å². The number of benzene rings is 1. The lowest BCUT2D eigenvalue weighted by atomic mass is 10.0. The maximum absolute atomic E-state index is 11.2. The zero-order valence-electron chi connectivity index (χ0n) is 17.1. The quantitative estimate of drug-likeness (QED) is 0.190. The third kappa shape index (κ3) is 11.9. The average Bonchev–Trinajstić information content (AvgIpc) is 2.65. The maximum Gasteiger partial charge on any atom is 0.159 e. The summed E-state index contributed by atoms with van der Waals surface area (Å²) in [4.78, 5) is 11.2. The van der Waals surface area contributed by atoms with Gasteiger partial charge in [0.25, 0.3) is 0 Å². The molecule has 0 N–H and O–H groups in total. The van der Waals surface area contributed by atoms with E-state index in [4.69, 9.17) is 0 Å². The monoisotopic (exact) mass is 354 g/mol. The molecular weight excluding hydrogens is 316 g/mol. The van der Waals surface area contributed by atoms with Crippen LogP contribution in [0, 0.1) is 11.8 Å². The van der Waals surface area contributed by atoms with Crippen LogP contribution >= 0.6 is 0 Å². The van der Waals surface area contributed by atoms with E-state index in [2.05, 4.69) is 18.8 Å². The van der Waals surface area contributed by atoms with E-state index >= 15 is 0 Å². The second kappa shape index (κ2) is 15.7. The van der Waals surface area contributed by atoms with Crippen molar-refractivity contribution in [3.8, 4) is 11.8 Å². The first-order valence-electron chi connectivity index (χ1n) is 10.8. The average molecular weight is 355 g/mol. The van der Waals surface area contributed by atoms with Crippen LogP contribution in [0.5, 0.6) is 0 Å². The third-order valence-electron chi connectivity index (χ3n) is 4.93. The summed E-state index contributed by atoms with van der Waals surface area (Å²) in [6, 6.07) is 7.59. The van der Waals surface area contributed by atoms with Crippen LogP contribution < -0.4 is 0 Å². The lowest BCUT2D eigenvalue weighted by molar-refractivity contribution is 0.101. The van der Waals surface area contributed by atoms with Gasteiger partial charge >= 0.3 is 0 Å². The Morgan fingerprint density at radius 1 is 0.731 bits per heavy atom. The molecule has 1 nitrogen and oxygen atoms in total. The Bertz CT molecular complexity index is 530. The van der Waals surface area contributed by atoms with E-state index in [-0.39, 0.29) is 5.78 Å². The van der Waals surface area contributed by atoms with Crippen LogP contribution in [0.25, 0.3) is 0 Å². The van der Waals surface area contributed by atoms with Gasteiger partial charge in [-0.3, -0.25) is 4.79 Å². The summed E-state index contributed by atoms with van der Waals surface area (Å²) in [6.07, 6.45) is 19.0. The summed E-state index contributed by atoms with van der Waals surface area (Å²) >= 11 is 0. The molecule has 0 aliphatic carbocycles. The number of carbonyl (C=O) groups excluding carboxylic acids is 1. The van der Waals surface area contributed by atoms with Crippen LogP contribution in [0.1, 0.15) is 120 Å². The van der Waals surface area contributed by atoms with Crippen molar-refractivity contribution in [1.29, 1.82) is 0 Å². The van der Waals surface area contributed by atoms with Crippen molar-refractivity contribution in [1.82, 2.24) is 0 Å². The molecule has 1 rings (SSSR count). The molecule has 0 heterocycles. The summed E-state index contributed by atoms with van der Waals surface area (Å²) in [5.41, 5.74) is 1.76. The molecule has 0 aliphatic heterocycles. The van der Waals surface area contributed by atoms with E-state index in [1.165, 1.54) is 83.5 Å². The molecule has 0 fully saturated rings. The van der Waals surface area contributed by atoms with Gasteiger partial charge in [0.1, 0.15) is 0 Å². The van der Waals surface area contributed by atoms with Crippen LogP contribution in [0.15, 0.2) is 24.3 Å². The molecule has 0 amide bonds. The fourth-order valence-corrected chi connectivity index (χ4v) is 3.18. The van der Waals surface area contributed by atoms with Crippen molar-refractivity contribution in [2.75, 3.05) is 0 Å². The number of unbranched alkanes of at least 4 members (excludes halogenated alkanes) is 13. The molecule has 0 radical (unpaired) electrons. The SMILES string of the molecule is CCCCCCCCCCCCCCCC#Cc1ccc(C(C)=O)cc1. The number of Topliss-reactive ketones (excluding diaryl/α,β-unsaturated/α-hetero) is 1. The van der Waals surface area contributed by atoms with Crippen molar-refractivity contribution >= 4 is 5.78 Å². The second-order valence-electron chi connectivity index (χ2n) is 7.43. The molecule has 0 bridgehead atoms. The van der Waals surface area contributed by atoms with Gasteiger partial charge in [-0.15, -0.1) is 0 Å². The fourth-order valence-electron chi connectivity index (χ4n) is 3.18. The Kier molecular flexibility index (Phi) is 13.6. The summed E-state index contributed by atoms with van der Waals surface area (Å²) < 4.78 is 0. The molecule has 1 heteroatoms. The largest absolute Gasteiger partial charge is 0.295 e. The Morgan fingerprint density at radius 3 is 1.65 bits per heavy atom. The van der Waals surface area contributed by atoms with E-state index in [1.807, 2.05) is 24.3 Å². The smallest absolute Gasteiger partial charge is 0.159 e. The molecule has 0 saturated heterocycles. The van der Waals surface area contributed by atoms with Crippen LogP contribution in [0.2, 0.25) is 0 Å². The number of hydrogen-bond donors (Lipinski definition) is 0. The first-order chi connectivity index (χ1) is 12.7. The predicted molar refractivity (Wildman–Crippen MR) is 114 cm³/mol. The van der Waals surface area contributed by atoms with Crippen molar-refractivity contribution in [2.45, 2.75) is 104 Å². The van der Waals surface area contributed by atoms with Crippen LogP contribution in [0.3, 0.4) is 0 Å². The third-order valence-corrected chi connectivity index (χ3v) is 4.93. The number of ketones is 1. The van der Waals surface area contributed by atoms with Gasteiger partial charge in [-0.2, -0.15) is 0 Å². The van der Waals surface area contributed by atoms with E-state index in [9.17, 15) is 4.79 Å². The van der Waals surface area contributed by atoms with Gasteiger partial charge in [0.05, 0.1) is 0 Å². The number of rotatable bonds is 14. The van der Waals surface area contributed by atoms with Crippen molar-refractivity contribution in [3.63, 3.8) is 0 Å². The summed E-state index contributed by atoms with van der Waals surface area (Å²) in [6.45, 7) is 3.87. The number of carbonyl (C=O) groups is 1. The minimum absolute atomic E-state index is 0.108. The molecule has 0 spiro atoms. The standard InChI is InChI=1S/C25H38O/c1-3-4-5-6-7-8-9-10-11-12-13-14-15-16-17-18-24-19-21-25(22-20-24)23(2)26/h19-22H,3-16H2,1-2H3. The summed E-state index contributed by atoms with van der Waals surface area (Å²) in [5, 5.41) is 0. The van der Waals surface area contributed by atoms with Crippen molar-refractivity contribution < 1.29 is 4.79 Å². The van der Waals surface area contributed by atoms with E-state index in [0.29, 0.717) is 0 Å². The molecule has 0 unspecified atom stereocenters. The van der Waals surface area contributed by atoms with Crippen LogP contribution in [0.4, 0.5) is 0 Å². The topological polar surface area (TPSA) is 17.1 Å². The Balaban J connectivity index is 1.91. The Hall–Kier alpha value is -1.55. The Morgan fingerprint density at radius 2 is 1.19 bits per heavy atom. The highest BCUT2D eigenvalue weighted by atomic mass is 16.1. The van der Waals surface area contributed by atoms with Gasteiger partial charge < -0.3 is 0 Å².